The maximum Gasteiger partial charge on any atom is 0.352 e. The average molecular weight is 369 g/mol. The topological polar surface area (TPSA) is 62.7 Å². The number of rotatable bonds is 4. The van der Waals surface area contributed by atoms with Crippen molar-refractivity contribution < 1.29 is 23.4 Å². The molecular formula is C17H15ClF2N2O3. The number of nitrogens with zero attached hydrogens (tertiary/aromatic N) is 2. The number of pyridine rings is 1. The Labute approximate surface area is 147 Å². The van der Waals surface area contributed by atoms with Gasteiger partial charge in [0.2, 0.25) is 5.88 Å². The smallest absolute Gasteiger partial charge is 0.352 e. The number of methoxy groups -OCH3 is 1. The van der Waals surface area contributed by atoms with Gasteiger partial charge in [-0.2, -0.15) is 8.78 Å². The van der Waals surface area contributed by atoms with Crippen molar-refractivity contribution in [2.24, 2.45) is 0 Å². The Morgan fingerprint density at radius 3 is 2.72 bits per heavy atom. The molecule has 2 heterocycles. The summed E-state index contributed by atoms with van der Waals surface area (Å²) in [5.41, 5.74) is 0.0622. The van der Waals surface area contributed by atoms with Crippen LogP contribution in [0.25, 0.3) is 0 Å². The van der Waals surface area contributed by atoms with Gasteiger partial charge in [-0.05, 0) is 30.7 Å². The Kier molecular flexibility index (Phi) is 4.38. The molecule has 1 aliphatic rings. The molecule has 0 saturated carbocycles. The molecule has 1 aromatic carbocycles. The minimum atomic E-state index is -3.71. The second-order valence-corrected chi connectivity index (χ2v) is 6.07. The number of carbonyl (C=O) groups is 1. The van der Waals surface area contributed by atoms with Gasteiger partial charge in [0.15, 0.2) is 0 Å². The minimum absolute atomic E-state index is 0.0274. The number of fused-ring (bicyclic) bond motifs is 1. The highest BCUT2D eigenvalue weighted by atomic mass is 35.5. The Bertz CT molecular complexity index is 843. The molecule has 0 saturated heterocycles. The molecule has 5 nitrogen and oxygen atoms in total. The van der Waals surface area contributed by atoms with E-state index in [4.69, 9.17) is 16.3 Å². The lowest BCUT2D eigenvalue weighted by Gasteiger charge is -2.19. The summed E-state index contributed by atoms with van der Waals surface area (Å²) < 4.78 is 34.3. The van der Waals surface area contributed by atoms with Crippen molar-refractivity contribution in [2.75, 3.05) is 12.0 Å². The highest BCUT2D eigenvalue weighted by molar-refractivity contribution is 6.29. The summed E-state index contributed by atoms with van der Waals surface area (Å²) in [6.45, 7) is 1.23. The Balaban J connectivity index is 2.09. The summed E-state index contributed by atoms with van der Waals surface area (Å²) in [4.78, 5) is 17.3. The van der Waals surface area contributed by atoms with Gasteiger partial charge >= 0.3 is 11.8 Å². The van der Waals surface area contributed by atoms with Crippen molar-refractivity contribution in [1.82, 2.24) is 4.98 Å². The largest absolute Gasteiger partial charge is 0.481 e. The number of aliphatic hydroxyl groups is 1. The molecular weight excluding hydrogens is 354 g/mol. The van der Waals surface area contributed by atoms with Gasteiger partial charge in [-0.1, -0.05) is 23.7 Å². The van der Waals surface area contributed by atoms with Gasteiger partial charge < -0.3 is 14.7 Å². The van der Waals surface area contributed by atoms with Gasteiger partial charge in [-0.3, -0.25) is 4.79 Å². The number of halogens is 3. The predicted molar refractivity (Wildman–Crippen MR) is 88.0 cm³/mol. The van der Waals surface area contributed by atoms with Crippen molar-refractivity contribution >= 4 is 23.2 Å². The fourth-order valence-electron chi connectivity index (χ4n) is 2.93. The first kappa shape index (κ1) is 17.6. The quantitative estimate of drug-likeness (QED) is 0.840. The van der Waals surface area contributed by atoms with Crippen LogP contribution in [0.1, 0.15) is 29.7 Å². The lowest BCUT2D eigenvalue weighted by atomic mass is 9.98. The van der Waals surface area contributed by atoms with E-state index in [0.717, 1.165) is 4.90 Å². The number of hydrogen-bond donors (Lipinski definition) is 1. The van der Waals surface area contributed by atoms with E-state index in [1.54, 1.807) is 6.07 Å². The summed E-state index contributed by atoms with van der Waals surface area (Å²) in [7, 11) is 1.38. The molecule has 8 heteroatoms. The fraction of sp³-hybridized carbons (Fsp3) is 0.294. The molecule has 0 unspecified atom stereocenters. The third kappa shape index (κ3) is 2.83. The zero-order chi connectivity index (χ0) is 18.4. The SMILES string of the molecule is COc1nc(Cl)ccc1CN1C(=O)C(F)(F)c2c([C@H](C)O)cccc21. The highest BCUT2D eigenvalue weighted by Crippen LogP contribution is 2.48. The van der Waals surface area contributed by atoms with E-state index in [0.29, 0.717) is 5.56 Å². The molecule has 0 fully saturated rings. The van der Waals surface area contributed by atoms with Crippen LogP contribution in [0.2, 0.25) is 5.15 Å². The second-order valence-electron chi connectivity index (χ2n) is 5.69. The lowest BCUT2D eigenvalue weighted by molar-refractivity contribution is -0.141. The van der Waals surface area contributed by atoms with Crippen LogP contribution in [-0.2, 0) is 17.3 Å². The van der Waals surface area contributed by atoms with Crippen LogP contribution in [0.3, 0.4) is 0 Å². The van der Waals surface area contributed by atoms with Crippen molar-refractivity contribution in [1.29, 1.82) is 0 Å². The number of aliphatic hydroxyl groups excluding tert-OH is 1. The molecule has 1 aromatic heterocycles. The van der Waals surface area contributed by atoms with E-state index < -0.39 is 23.5 Å². The molecule has 3 rings (SSSR count). The molecule has 1 N–H and O–H groups in total. The van der Waals surface area contributed by atoms with Gasteiger partial charge in [0, 0.05) is 5.56 Å². The summed E-state index contributed by atoms with van der Waals surface area (Å²) in [5.74, 6) is -4.91. The molecule has 1 amide bonds. The number of ether oxygens (including phenoxy) is 1. The van der Waals surface area contributed by atoms with E-state index in [1.807, 2.05) is 0 Å². The van der Waals surface area contributed by atoms with Crippen LogP contribution < -0.4 is 9.64 Å². The Hall–Kier alpha value is -2.25. The maximum atomic E-state index is 14.6. The molecule has 0 spiro atoms. The van der Waals surface area contributed by atoms with Gasteiger partial charge in [0.1, 0.15) is 5.15 Å². The van der Waals surface area contributed by atoms with E-state index in [9.17, 15) is 18.7 Å². The lowest BCUT2D eigenvalue weighted by Crippen LogP contribution is -2.34. The van der Waals surface area contributed by atoms with E-state index in [2.05, 4.69) is 4.98 Å². The van der Waals surface area contributed by atoms with E-state index >= 15 is 0 Å². The zero-order valence-corrected chi connectivity index (χ0v) is 14.2. The average Bonchev–Trinajstić information content (AvgIpc) is 2.77. The Morgan fingerprint density at radius 2 is 2.08 bits per heavy atom. The highest BCUT2D eigenvalue weighted by Gasteiger charge is 2.54. The number of aromatic nitrogens is 1. The zero-order valence-electron chi connectivity index (χ0n) is 13.5. The first-order valence-electron chi connectivity index (χ1n) is 7.48. The first-order valence-corrected chi connectivity index (χ1v) is 7.85. The molecule has 132 valence electrons. The van der Waals surface area contributed by atoms with Crippen LogP contribution >= 0.6 is 11.6 Å². The summed E-state index contributed by atoms with van der Waals surface area (Å²) in [5, 5.41) is 9.98. The maximum absolute atomic E-state index is 14.6. The molecule has 0 bridgehead atoms. The number of anilines is 1. The van der Waals surface area contributed by atoms with Crippen molar-refractivity contribution in [3.63, 3.8) is 0 Å². The fourth-order valence-corrected chi connectivity index (χ4v) is 3.07. The normalized spacial score (nSPS) is 16.7. The summed E-state index contributed by atoms with van der Waals surface area (Å²) in [6.07, 6.45) is -1.12. The molecule has 1 aliphatic heterocycles. The minimum Gasteiger partial charge on any atom is -0.481 e. The van der Waals surface area contributed by atoms with Gasteiger partial charge in [-0.25, -0.2) is 4.98 Å². The van der Waals surface area contributed by atoms with Gasteiger partial charge in [0.25, 0.3) is 0 Å². The van der Waals surface area contributed by atoms with E-state index in [-0.39, 0.29) is 28.8 Å². The van der Waals surface area contributed by atoms with Gasteiger partial charge in [-0.15, -0.1) is 0 Å². The van der Waals surface area contributed by atoms with Crippen molar-refractivity contribution in [2.45, 2.75) is 25.5 Å². The number of amides is 1. The van der Waals surface area contributed by atoms with Crippen LogP contribution in [0.15, 0.2) is 30.3 Å². The molecule has 0 aliphatic carbocycles. The standard InChI is InChI=1S/C17H15ClF2N2O3/c1-9(23)11-4-3-5-12-14(11)17(19,20)16(24)22(12)8-10-6-7-13(18)21-15(10)25-2/h3-7,9,23H,8H2,1-2H3/t9-/m0/s1. The number of alkyl halides is 2. The van der Waals surface area contributed by atoms with Crippen molar-refractivity contribution in [3.8, 4) is 5.88 Å². The van der Waals surface area contributed by atoms with Crippen molar-refractivity contribution in [3.05, 3.63) is 52.2 Å². The molecule has 2 aromatic rings. The second kappa shape index (κ2) is 6.24. The molecule has 25 heavy (non-hydrogen) atoms. The summed E-state index contributed by atoms with van der Waals surface area (Å²) >= 11 is 5.80. The number of benzene rings is 1. The Morgan fingerprint density at radius 1 is 1.36 bits per heavy atom. The monoisotopic (exact) mass is 368 g/mol. The van der Waals surface area contributed by atoms with Crippen LogP contribution in [-0.4, -0.2) is 23.1 Å². The molecule has 0 radical (unpaired) electrons. The van der Waals surface area contributed by atoms with Gasteiger partial charge in [0.05, 0.1) is 31.0 Å². The van der Waals surface area contributed by atoms with E-state index in [1.165, 1.54) is 38.3 Å². The predicted octanol–water partition coefficient (Wildman–Crippen LogP) is 3.44. The third-order valence-electron chi connectivity index (χ3n) is 4.07. The third-order valence-corrected chi connectivity index (χ3v) is 4.28. The number of carbonyl (C=O) groups excluding carboxylic acids is 1. The molecule has 1 atom stereocenters. The van der Waals surface area contributed by atoms with Crippen LogP contribution in [0, 0.1) is 0 Å². The number of hydrogen-bond acceptors (Lipinski definition) is 4. The van der Waals surface area contributed by atoms with Crippen LogP contribution in [0.4, 0.5) is 14.5 Å². The van der Waals surface area contributed by atoms with Crippen LogP contribution in [0.5, 0.6) is 5.88 Å². The first-order chi connectivity index (χ1) is 11.8. The summed E-state index contributed by atoms with van der Waals surface area (Å²) in [6, 6.07) is 7.40.